The third-order valence-electron chi connectivity index (χ3n) is 3.50. The lowest BCUT2D eigenvalue weighted by molar-refractivity contribution is 0.589. The Morgan fingerprint density at radius 2 is 1.50 bits per heavy atom. The summed E-state index contributed by atoms with van der Waals surface area (Å²) < 4.78 is 0. The van der Waals surface area contributed by atoms with Crippen molar-refractivity contribution >= 4 is 34.8 Å². The largest absolute Gasteiger partial charge is 0.313 e. The normalized spacial score (nSPS) is 12.4. The molecule has 2 aromatic carbocycles. The molecule has 1 unspecified atom stereocenters. The van der Waals surface area contributed by atoms with E-state index in [-0.39, 0.29) is 6.04 Å². The van der Waals surface area contributed by atoms with Crippen LogP contribution in [0.5, 0.6) is 0 Å². The number of nitrogens with one attached hydrogen (secondary N) is 1. The van der Waals surface area contributed by atoms with E-state index < -0.39 is 0 Å². The Labute approximate surface area is 134 Å². The summed E-state index contributed by atoms with van der Waals surface area (Å²) in [5, 5.41) is 5.47. The second-order valence-corrected chi connectivity index (χ2v) is 5.92. The minimum Gasteiger partial charge on any atom is -0.313 e. The highest BCUT2D eigenvalue weighted by atomic mass is 35.5. The van der Waals surface area contributed by atoms with Crippen molar-refractivity contribution in [1.82, 2.24) is 5.32 Å². The molecule has 4 heteroatoms. The van der Waals surface area contributed by atoms with Gasteiger partial charge in [-0.2, -0.15) is 0 Å². The molecule has 1 nitrogen and oxygen atoms in total. The summed E-state index contributed by atoms with van der Waals surface area (Å²) in [6.45, 7) is 2.02. The summed E-state index contributed by atoms with van der Waals surface area (Å²) >= 11 is 18.7. The topological polar surface area (TPSA) is 12.0 Å². The summed E-state index contributed by atoms with van der Waals surface area (Å²) in [4.78, 5) is 0. The van der Waals surface area contributed by atoms with Crippen LogP contribution < -0.4 is 5.32 Å². The summed E-state index contributed by atoms with van der Waals surface area (Å²) in [6.07, 6.45) is 0.718. The van der Waals surface area contributed by atoms with Crippen molar-refractivity contribution in [2.45, 2.75) is 19.4 Å². The van der Waals surface area contributed by atoms with Crippen LogP contribution in [0.25, 0.3) is 0 Å². The summed E-state index contributed by atoms with van der Waals surface area (Å²) in [5.41, 5.74) is 3.20. The van der Waals surface area contributed by atoms with Crippen LogP contribution in [0.1, 0.15) is 22.7 Å². The van der Waals surface area contributed by atoms with Gasteiger partial charge in [-0.1, -0.05) is 53.0 Å². The number of benzene rings is 2. The highest BCUT2D eigenvalue weighted by molar-refractivity contribution is 6.36. The lowest BCUT2D eigenvalue weighted by Gasteiger charge is -2.21. The molecule has 1 N–H and O–H groups in total. The van der Waals surface area contributed by atoms with Crippen LogP contribution in [0.2, 0.25) is 15.1 Å². The van der Waals surface area contributed by atoms with Gasteiger partial charge < -0.3 is 5.32 Å². The van der Waals surface area contributed by atoms with Gasteiger partial charge in [-0.25, -0.2) is 0 Å². The lowest BCUT2D eigenvalue weighted by atomic mass is 9.95. The van der Waals surface area contributed by atoms with E-state index in [1.807, 2.05) is 44.3 Å². The Balaban J connectivity index is 2.37. The molecule has 0 amide bonds. The van der Waals surface area contributed by atoms with E-state index >= 15 is 0 Å². The van der Waals surface area contributed by atoms with Gasteiger partial charge in [0.1, 0.15) is 0 Å². The van der Waals surface area contributed by atoms with Crippen molar-refractivity contribution in [1.29, 1.82) is 0 Å². The second-order valence-electron chi connectivity index (χ2n) is 4.70. The van der Waals surface area contributed by atoms with E-state index in [4.69, 9.17) is 34.8 Å². The van der Waals surface area contributed by atoms with Gasteiger partial charge in [-0.15, -0.1) is 0 Å². The van der Waals surface area contributed by atoms with E-state index in [1.54, 1.807) is 0 Å². The van der Waals surface area contributed by atoms with Gasteiger partial charge in [-0.05, 0) is 55.3 Å². The molecule has 1 atom stereocenters. The summed E-state index contributed by atoms with van der Waals surface area (Å²) in [6, 6.07) is 11.6. The first kappa shape index (κ1) is 15.7. The third kappa shape index (κ3) is 3.29. The zero-order valence-electron chi connectivity index (χ0n) is 11.4. The van der Waals surface area contributed by atoms with Crippen molar-refractivity contribution < 1.29 is 0 Å². The molecule has 106 valence electrons. The van der Waals surface area contributed by atoms with Gasteiger partial charge in [0.25, 0.3) is 0 Å². The molecule has 2 aromatic rings. The first-order valence-corrected chi connectivity index (χ1v) is 7.53. The van der Waals surface area contributed by atoms with Crippen LogP contribution in [0.4, 0.5) is 0 Å². The van der Waals surface area contributed by atoms with Gasteiger partial charge in [0, 0.05) is 21.1 Å². The lowest BCUT2D eigenvalue weighted by Crippen LogP contribution is -2.20. The predicted octanol–water partition coefficient (Wildman–Crippen LogP) is 5.46. The number of halogens is 3. The third-order valence-corrected chi connectivity index (χ3v) is 4.62. The van der Waals surface area contributed by atoms with E-state index in [9.17, 15) is 0 Å². The Morgan fingerprint density at radius 1 is 0.950 bits per heavy atom. The fraction of sp³-hybridized carbons (Fsp3) is 0.250. The predicted molar refractivity (Wildman–Crippen MR) is 88.2 cm³/mol. The fourth-order valence-corrected chi connectivity index (χ4v) is 3.03. The zero-order valence-corrected chi connectivity index (χ0v) is 13.7. The number of likely N-dealkylation sites (N-methyl/N-ethyl adjacent to an activating group) is 1. The first-order valence-electron chi connectivity index (χ1n) is 6.39. The van der Waals surface area contributed by atoms with Crippen LogP contribution in [-0.2, 0) is 6.42 Å². The molecule has 0 radical (unpaired) electrons. The summed E-state index contributed by atoms with van der Waals surface area (Å²) in [7, 11) is 1.93. The maximum Gasteiger partial charge on any atom is 0.0453 e. The average Bonchev–Trinajstić information content (AvgIpc) is 2.42. The van der Waals surface area contributed by atoms with E-state index in [2.05, 4.69) is 11.4 Å². The minimum atomic E-state index is 0.117. The van der Waals surface area contributed by atoms with Gasteiger partial charge >= 0.3 is 0 Å². The van der Waals surface area contributed by atoms with Crippen LogP contribution in [-0.4, -0.2) is 7.05 Å². The summed E-state index contributed by atoms with van der Waals surface area (Å²) in [5.74, 6) is 0. The number of hydrogen-bond acceptors (Lipinski definition) is 1. The van der Waals surface area contributed by atoms with Crippen LogP contribution >= 0.6 is 34.8 Å². The Hall–Kier alpha value is -0.730. The molecule has 0 aliphatic carbocycles. The molecular formula is C16H16Cl3N. The standard InChI is InChI=1S/C16H16Cl3N/c1-10-11(5-3-6-13(10)17)16(20-2)9-12-14(18)7-4-8-15(12)19/h3-8,16,20H,9H2,1-2H3. The average molecular weight is 329 g/mol. The molecule has 0 saturated heterocycles. The molecule has 0 saturated carbocycles. The van der Waals surface area contributed by atoms with Gasteiger partial charge in [0.05, 0.1) is 0 Å². The molecule has 0 bridgehead atoms. The molecule has 0 aromatic heterocycles. The molecule has 0 spiro atoms. The molecule has 2 rings (SSSR count). The highest BCUT2D eigenvalue weighted by Gasteiger charge is 2.17. The molecule has 0 aliphatic heterocycles. The highest BCUT2D eigenvalue weighted by Crippen LogP contribution is 2.31. The maximum absolute atomic E-state index is 6.25. The monoisotopic (exact) mass is 327 g/mol. The zero-order chi connectivity index (χ0) is 14.7. The Kier molecular flexibility index (Phi) is 5.34. The van der Waals surface area contributed by atoms with Crippen molar-refractivity contribution in [2.24, 2.45) is 0 Å². The van der Waals surface area contributed by atoms with Crippen molar-refractivity contribution in [3.63, 3.8) is 0 Å². The molecule has 20 heavy (non-hydrogen) atoms. The minimum absolute atomic E-state index is 0.117. The van der Waals surface area contributed by atoms with Gasteiger partial charge in [0.15, 0.2) is 0 Å². The van der Waals surface area contributed by atoms with E-state index in [0.717, 1.165) is 28.1 Å². The quantitative estimate of drug-likeness (QED) is 0.786. The number of hydrogen-bond donors (Lipinski definition) is 1. The van der Waals surface area contributed by atoms with Crippen molar-refractivity contribution in [3.05, 3.63) is 68.2 Å². The maximum atomic E-state index is 6.25. The van der Waals surface area contributed by atoms with E-state index in [0.29, 0.717) is 10.0 Å². The van der Waals surface area contributed by atoms with Crippen molar-refractivity contribution in [3.8, 4) is 0 Å². The smallest absolute Gasteiger partial charge is 0.0453 e. The Bertz CT molecular complexity index is 590. The molecule has 0 aliphatic rings. The van der Waals surface area contributed by atoms with Crippen LogP contribution in [0.15, 0.2) is 36.4 Å². The Morgan fingerprint density at radius 3 is 2.10 bits per heavy atom. The van der Waals surface area contributed by atoms with Crippen LogP contribution in [0, 0.1) is 6.92 Å². The first-order chi connectivity index (χ1) is 9.54. The molecule has 0 heterocycles. The van der Waals surface area contributed by atoms with Crippen LogP contribution in [0.3, 0.4) is 0 Å². The molecular weight excluding hydrogens is 313 g/mol. The van der Waals surface area contributed by atoms with Gasteiger partial charge in [-0.3, -0.25) is 0 Å². The van der Waals surface area contributed by atoms with Gasteiger partial charge in [0.2, 0.25) is 0 Å². The van der Waals surface area contributed by atoms with E-state index in [1.165, 1.54) is 0 Å². The molecule has 0 fully saturated rings. The number of rotatable bonds is 4. The second kappa shape index (κ2) is 6.82. The fourth-order valence-electron chi connectivity index (χ4n) is 2.30. The SMILES string of the molecule is CNC(Cc1c(Cl)cccc1Cl)c1cccc(Cl)c1C. The van der Waals surface area contributed by atoms with Crippen molar-refractivity contribution in [2.75, 3.05) is 7.05 Å².